The number of sulfonamides is 1. The topological polar surface area (TPSA) is 96.0 Å². The number of aryl methyl sites for hydroxylation is 2. The molecule has 0 aromatic heterocycles. The van der Waals surface area contributed by atoms with Crippen molar-refractivity contribution in [2.45, 2.75) is 69.5 Å². The van der Waals surface area contributed by atoms with Gasteiger partial charge < -0.3 is 15.0 Å². The van der Waals surface area contributed by atoms with E-state index in [0.29, 0.717) is 15.6 Å². The highest BCUT2D eigenvalue weighted by molar-refractivity contribution is 7.92. The second kappa shape index (κ2) is 16.1. The number of nitrogens with one attached hydrogen (secondary N) is 1. The van der Waals surface area contributed by atoms with E-state index >= 15 is 0 Å². The highest BCUT2D eigenvalue weighted by atomic mass is 35.5. The fourth-order valence-corrected chi connectivity index (χ4v) is 7.84. The van der Waals surface area contributed by atoms with E-state index in [0.717, 1.165) is 46.7 Å². The van der Waals surface area contributed by atoms with Gasteiger partial charge in [-0.2, -0.15) is 0 Å². The number of methoxy groups -OCH3 is 1. The molecule has 0 bridgehead atoms. The minimum atomic E-state index is -4.29. The van der Waals surface area contributed by atoms with Crippen LogP contribution in [-0.2, 0) is 32.6 Å². The Labute approximate surface area is 299 Å². The normalized spacial score (nSPS) is 13.9. The van der Waals surface area contributed by atoms with E-state index in [1.165, 1.54) is 24.1 Å². The van der Waals surface area contributed by atoms with Crippen LogP contribution in [0.25, 0.3) is 0 Å². The minimum absolute atomic E-state index is 0.00247. The number of ether oxygens (including phenoxy) is 1. The molecule has 8 nitrogen and oxygen atoms in total. The number of nitrogens with zero attached hydrogens (tertiary/aromatic N) is 2. The van der Waals surface area contributed by atoms with Crippen LogP contribution in [0.1, 0.15) is 47.9 Å². The number of halogens is 2. The fourth-order valence-electron chi connectivity index (χ4n) is 6.10. The van der Waals surface area contributed by atoms with Gasteiger partial charge in [0, 0.05) is 19.0 Å². The van der Waals surface area contributed by atoms with Crippen LogP contribution in [0, 0.1) is 13.8 Å². The monoisotopic (exact) mass is 721 g/mol. The Morgan fingerprint density at radius 1 is 0.857 bits per heavy atom. The number of benzene rings is 4. The van der Waals surface area contributed by atoms with Gasteiger partial charge in [0.1, 0.15) is 18.3 Å². The molecule has 5 rings (SSSR count). The van der Waals surface area contributed by atoms with E-state index in [4.69, 9.17) is 27.9 Å². The largest absolute Gasteiger partial charge is 0.495 e. The molecule has 1 aliphatic rings. The highest BCUT2D eigenvalue weighted by Crippen LogP contribution is 2.34. The molecule has 1 saturated carbocycles. The van der Waals surface area contributed by atoms with Crippen molar-refractivity contribution in [3.05, 3.63) is 123 Å². The maximum absolute atomic E-state index is 14.8. The van der Waals surface area contributed by atoms with Crippen LogP contribution in [0.5, 0.6) is 5.75 Å². The van der Waals surface area contributed by atoms with Gasteiger partial charge >= 0.3 is 0 Å². The molecule has 0 radical (unpaired) electrons. The lowest BCUT2D eigenvalue weighted by Crippen LogP contribution is -2.54. The molecule has 4 aromatic rings. The molecule has 2 amide bonds. The average Bonchev–Trinajstić information content (AvgIpc) is 3.60. The van der Waals surface area contributed by atoms with Crippen LogP contribution in [-0.4, -0.2) is 50.9 Å². The summed E-state index contributed by atoms with van der Waals surface area (Å²) in [6, 6.07) is 25.1. The Kier molecular flexibility index (Phi) is 11.9. The lowest BCUT2D eigenvalue weighted by atomic mass is 10.0. The van der Waals surface area contributed by atoms with Crippen molar-refractivity contribution in [2.24, 2.45) is 0 Å². The van der Waals surface area contributed by atoms with Gasteiger partial charge in [-0.25, -0.2) is 8.42 Å². The van der Waals surface area contributed by atoms with Crippen molar-refractivity contribution < 1.29 is 22.7 Å². The molecule has 4 aromatic carbocycles. The Bertz CT molecular complexity index is 1880. The third-order valence-electron chi connectivity index (χ3n) is 8.80. The molecular formula is C38H41Cl2N3O5S. The summed E-state index contributed by atoms with van der Waals surface area (Å²) in [5.41, 5.74) is 3.36. The molecule has 1 N–H and O–H groups in total. The predicted octanol–water partition coefficient (Wildman–Crippen LogP) is 7.51. The van der Waals surface area contributed by atoms with Gasteiger partial charge in [-0.1, -0.05) is 96.2 Å². The standard InChI is InChI=1S/C38H41Cl2N3O5S/c1-26-13-17-31(18-14-26)49(46,47)43(34-21-27(2)15-20-36(34)48-3)25-37(44)42(24-29-16-19-32(39)33(40)22-29)35(23-28-9-5-4-6-10-28)38(45)41-30-11-7-8-12-30/h4-6,9-10,13-22,30,35H,7-8,11-12,23-25H2,1-3H3,(H,41,45). The first-order chi connectivity index (χ1) is 23.5. The SMILES string of the molecule is COc1ccc(C)cc1N(CC(=O)N(Cc1ccc(Cl)c(Cl)c1)C(Cc1ccccc1)C(=O)NC1CCCC1)S(=O)(=O)c1ccc(C)cc1. The van der Waals surface area contributed by atoms with Crippen molar-refractivity contribution in [1.82, 2.24) is 10.2 Å². The number of carbonyl (C=O) groups is 2. The maximum Gasteiger partial charge on any atom is 0.264 e. The van der Waals surface area contributed by atoms with Gasteiger partial charge in [-0.05, 0) is 79.8 Å². The summed E-state index contributed by atoms with van der Waals surface area (Å²) in [5, 5.41) is 3.83. The van der Waals surface area contributed by atoms with Gasteiger partial charge in [0.15, 0.2) is 0 Å². The van der Waals surface area contributed by atoms with Crippen LogP contribution in [0.4, 0.5) is 5.69 Å². The van der Waals surface area contributed by atoms with Crippen LogP contribution < -0.4 is 14.4 Å². The van der Waals surface area contributed by atoms with Crippen LogP contribution in [0.2, 0.25) is 10.0 Å². The zero-order valence-electron chi connectivity index (χ0n) is 27.9. The molecule has 1 atom stereocenters. The summed E-state index contributed by atoms with van der Waals surface area (Å²) in [4.78, 5) is 30.5. The van der Waals surface area contributed by atoms with Gasteiger partial charge in [0.25, 0.3) is 10.0 Å². The van der Waals surface area contributed by atoms with E-state index < -0.39 is 28.5 Å². The van der Waals surface area contributed by atoms with Gasteiger partial charge in [-0.15, -0.1) is 0 Å². The molecule has 49 heavy (non-hydrogen) atoms. The lowest BCUT2D eigenvalue weighted by Gasteiger charge is -2.34. The molecule has 11 heteroatoms. The minimum Gasteiger partial charge on any atom is -0.495 e. The molecule has 0 heterocycles. The molecule has 1 unspecified atom stereocenters. The Morgan fingerprint density at radius 2 is 1.53 bits per heavy atom. The van der Waals surface area contributed by atoms with Gasteiger partial charge in [-0.3, -0.25) is 13.9 Å². The molecule has 0 spiro atoms. The molecule has 258 valence electrons. The highest BCUT2D eigenvalue weighted by Gasteiger charge is 2.36. The number of anilines is 1. The summed E-state index contributed by atoms with van der Waals surface area (Å²) in [6.07, 6.45) is 3.97. The Morgan fingerprint density at radius 3 is 2.18 bits per heavy atom. The third kappa shape index (κ3) is 8.95. The predicted molar refractivity (Wildman–Crippen MR) is 195 cm³/mol. The molecule has 1 fully saturated rings. The molecule has 1 aliphatic carbocycles. The van der Waals surface area contributed by atoms with Gasteiger partial charge in [0.05, 0.1) is 27.7 Å². The summed E-state index contributed by atoms with van der Waals surface area (Å²) >= 11 is 12.6. The number of carbonyl (C=O) groups excluding carboxylic acids is 2. The van der Waals surface area contributed by atoms with Crippen LogP contribution in [0.15, 0.2) is 95.9 Å². The first-order valence-electron chi connectivity index (χ1n) is 16.3. The summed E-state index contributed by atoms with van der Waals surface area (Å²) < 4.78 is 35.6. The molecular weight excluding hydrogens is 681 g/mol. The van der Waals surface area contributed by atoms with Crippen molar-refractivity contribution in [2.75, 3.05) is 18.0 Å². The van der Waals surface area contributed by atoms with Gasteiger partial charge in [0.2, 0.25) is 11.8 Å². The number of rotatable bonds is 13. The van der Waals surface area contributed by atoms with Crippen molar-refractivity contribution in [1.29, 1.82) is 0 Å². The average molecular weight is 723 g/mol. The first-order valence-corrected chi connectivity index (χ1v) is 18.5. The summed E-state index contributed by atoms with van der Waals surface area (Å²) in [6.45, 7) is 3.08. The van der Waals surface area contributed by atoms with Crippen molar-refractivity contribution in [3.8, 4) is 5.75 Å². The quantitative estimate of drug-likeness (QED) is 0.154. The summed E-state index contributed by atoms with van der Waals surface area (Å²) in [7, 11) is -2.84. The second-order valence-corrected chi connectivity index (χ2v) is 15.1. The van der Waals surface area contributed by atoms with E-state index in [2.05, 4.69) is 5.32 Å². The number of hydrogen-bond acceptors (Lipinski definition) is 5. The van der Waals surface area contributed by atoms with E-state index in [1.807, 2.05) is 44.2 Å². The number of hydrogen-bond donors (Lipinski definition) is 1. The Balaban J connectivity index is 1.61. The lowest BCUT2D eigenvalue weighted by molar-refractivity contribution is -0.140. The van der Waals surface area contributed by atoms with E-state index in [9.17, 15) is 18.0 Å². The second-order valence-electron chi connectivity index (χ2n) is 12.5. The smallest absolute Gasteiger partial charge is 0.264 e. The molecule has 0 saturated heterocycles. The fraction of sp³-hybridized carbons (Fsp3) is 0.316. The number of amides is 2. The van der Waals surface area contributed by atoms with Crippen LogP contribution in [0.3, 0.4) is 0 Å². The van der Waals surface area contributed by atoms with Crippen molar-refractivity contribution in [3.63, 3.8) is 0 Å². The Hall–Kier alpha value is -4.05. The van der Waals surface area contributed by atoms with E-state index in [-0.39, 0.29) is 41.2 Å². The first kappa shape index (κ1) is 36.2. The third-order valence-corrected chi connectivity index (χ3v) is 11.3. The summed E-state index contributed by atoms with van der Waals surface area (Å²) in [5.74, 6) is -0.594. The van der Waals surface area contributed by atoms with Crippen LogP contribution >= 0.6 is 23.2 Å². The molecule has 0 aliphatic heterocycles. The van der Waals surface area contributed by atoms with E-state index in [1.54, 1.807) is 48.5 Å². The zero-order valence-corrected chi connectivity index (χ0v) is 30.2. The van der Waals surface area contributed by atoms with Crippen molar-refractivity contribution >= 4 is 50.7 Å². The maximum atomic E-state index is 14.8. The zero-order chi connectivity index (χ0) is 35.1.